The molecule has 0 bridgehead atoms. The van der Waals surface area contributed by atoms with Crippen molar-refractivity contribution in [2.45, 2.75) is 89.3 Å². The molecule has 0 aromatic rings. The van der Waals surface area contributed by atoms with E-state index < -0.39 is 0 Å². The van der Waals surface area contributed by atoms with Crippen LogP contribution in [0.25, 0.3) is 0 Å². The number of carbonyl (C=O) groups excluding carboxylic acids is 2. The largest absolute Gasteiger partial charge is 0.378 e. The smallest absolute Gasteiger partial charge is 0.222 e. The van der Waals surface area contributed by atoms with Crippen molar-refractivity contribution in [3.05, 3.63) is 0 Å². The lowest BCUT2D eigenvalue weighted by molar-refractivity contribution is -0.131. The molecule has 2 heterocycles. The summed E-state index contributed by atoms with van der Waals surface area (Å²) in [5.41, 5.74) is 0. The predicted octanol–water partition coefficient (Wildman–Crippen LogP) is 3.04. The first-order chi connectivity index (χ1) is 13.1. The maximum atomic E-state index is 12.2. The van der Waals surface area contributed by atoms with Gasteiger partial charge in [-0.05, 0) is 64.2 Å². The quantitative estimate of drug-likeness (QED) is 0.558. The van der Waals surface area contributed by atoms with Gasteiger partial charge in [0.15, 0.2) is 0 Å². The molecule has 0 aromatic carbocycles. The number of carbonyl (C=O) groups is 2. The fourth-order valence-corrected chi connectivity index (χ4v) is 3.75. The molecule has 156 valence electrons. The second-order valence-corrected chi connectivity index (χ2v) is 7.93. The van der Waals surface area contributed by atoms with Gasteiger partial charge in [-0.2, -0.15) is 0 Å². The number of rotatable bonds is 11. The minimum Gasteiger partial charge on any atom is -0.378 e. The zero-order chi connectivity index (χ0) is 19.3. The van der Waals surface area contributed by atoms with E-state index in [-0.39, 0.29) is 24.0 Å². The summed E-state index contributed by atoms with van der Waals surface area (Å²) < 4.78 is 11.3. The highest BCUT2D eigenvalue weighted by molar-refractivity contribution is 5.76. The van der Waals surface area contributed by atoms with E-state index in [0.29, 0.717) is 19.4 Å². The highest BCUT2D eigenvalue weighted by Gasteiger charge is 2.17. The summed E-state index contributed by atoms with van der Waals surface area (Å²) in [7, 11) is 1.87. The lowest BCUT2D eigenvalue weighted by Crippen LogP contribution is -2.30. The van der Waals surface area contributed by atoms with Crippen LogP contribution >= 0.6 is 0 Å². The molecule has 2 amide bonds. The number of amides is 2. The maximum absolute atomic E-state index is 12.2. The normalized spacial score (nSPS) is 23.0. The fraction of sp³-hybridized carbons (Fsp3) is 0.905. The molecule has 0 saturated carbocycles. The summed E-state index contributed by atoms with van der Waals surface area (Å²) >= 11 is 0. The van der Waals surface area contributed by atoms with E-state index in [0.717, 1.165) is 71.1 Å². The van der Waals surface area contributed by atoms with Crippen LogP contribution in [0, 0.1) is 0 Å². The van der Waals surface area contributed by atoms with Gasteiger partial charge < -0.3 is 19.7 Å². The first kappa shape index (κ1) is 22.2. The number of unbranched alkanes of at least 4 members (excludes halogenated alkanes) is 1. The number of ether oxygens (including phenoxy) is 2. The van der Waals surface area contributed by atoms with Crippen molar-refractivity contribution in [1.29, 1.82) is 0 Å². The maximum Gasteiger partial charge on any atom is 0.222 e. The van der Waals surface area contributed by atoms with E-state index >= 15 is 0 Å². The highest BCUT2D eigenvalue weighted by atomic mass is 16.5. The molecule has 6 heteroatoms. The highest BCUT2D eigenvalue weighted by Crippen LogP contribution is 2.18. The van der Waals surface area contributed by atoms with Crippen molar-refractivity contribution < 1.29 is 19.1 Å². The first-order valence-electron chi connectivity index (χ1n) is 10.9. The minimum atomic E-state index is 0.112. The molecule has 2 saturated heterocycles. The van der Waals surface area contributed by atoms with E-state index in [9.17, 15) is 9.59 Å². The summed E-state index contributed by atoms with van der Waals surface area (Å²) in [6.07, 6.45) is 12.0. The van der Waals surface area contributed by atoms with Gasteiger partial charge in [0.1, 0.15) is 0 Å². The molecule has 2 atom stereocenters. The number of hydrogen-bond donors (Lipinski definition) is 1. The zero-order valence-corrected chi connectivity index (χ0v) is 17.0. The molecular formula is C21H38N2O4. The molecule has 6 nitrogen and oxygen atoms in total. The molecule has 2 rings (SSSR count). The van der Waals surface area contributed by atoms with Crippen LogP contribution in [0.2, 0.25) is 0 Å². The van der Waals surface area contributed by atoms with Gasteiger partial charge in [-0.3, -0.25) is 9.59 Å². The Morgan fingerprint density at radius 1 is 0.926 bits per heavy atom. The van der Waals surface area contributed by atoms with Crippen molar-refractivity contribution in [3.8, 4) is 0 Å². The van der Waals surface area contributed by atoms with Gasteiger partial charge in [-0.15, -0.1) is 0 Å². The van der Waals surface area contributed by atoms with Crippen molar-refractivity contribution in [1.82, 2.24) is 10.2 Å². The Kier molecular flexibility index (Phi) is 10.8. The van der Waals surface area contributed by atoms with Gasteiger partial charge in [0, 0.05) is 46.2 Å². The topological polar surface area (TPSA) is 67.9 Å². The Morgan fingerprint density at radius 3 is 2.15 bits per heavy atom. The van der Waals surface area contributed by atoms with Crippen LogP contribution in [0.15, 0.2) is 0 Å². The van der Waals surface area contributed by atoms with Crippen LogP contribution in [0.4, 0.5) is 0 Å². The monoisotopic (exact) mass is 382 g/mol. The molecule has 1 N–H and O–H groups in total. The first-order valence-corrected chi connectivity index (χ1v) is 10.9. The lowest BCUT2D eigenvalue weighted by atomic mass is 10.0. The van der Waals surface area contributed by atoms with E-state index in [1.54, 1.807) is 0 Å². The second-order valence-electron chi connectivity index (χ2n) is 7.93. The molecular weight excluding hydrogens is 344 g/mol. The SMILES string of the molecule is CN(CCCCNC(=O)CC[C@H]1CCCCO1)C(=O)CC[C@@H]1CCCCO1. The summed E-state index contributed by atoms with van der Waals surface area (Å²) in [4.78, 5) is 25.9. The molecule has 27 heavy (non-hydrogen) atoms. The molecule has 0 unspecified atom stereocenters. The van der Waals surface area contributed by atoms with Gasteiger partial charge >= 0.3 is 0 Å². The molecule has 0 aliphatic carbocycles. The Balaban J connectivity index is 1.44. The van der Waals surface area contributed by atoms with Crippen molar-refractivity contribution in [2.24, 2.45) is 0 Å². The summed E-state index contributed by atoms with van der Waals surface area (Å²) in [6.45, 7) is 3.11. The molecule has 2 fully saturated rings. The number of hydrogen-bond acceptors (Lipinski definition) is 4. The van der Waals surface area contributed by atoms with E-state index in [2.05, 4.69) is 5.32 Å². The molecule has 0 radical (unpaired) electrons. The van der Waals surface area contributed by atoms with Crippen LogP contribution in [-0.4, -0.2) is 62.3 Å². The van der Waals surface area contributed by atoms with Gasteiger partial charge in [0.2, 0.25) is 11.8 Å². The molecule has 0 spiro atoms. The molecule has 0 aromatic heterocycles. The summed E-state index contributed by atoms with van der Waals surface area (Å²) in [5, 5.41) is 2.98. The van der Waals surface area contributed by atoms with Gasteiger partial charge in [0.25, 0.3) is 0 Å². The standard InChI is InChI=1S/C21H38N2O4/c1-23(21(25)13-11-19-9-3-7-17-27-19)15-5-4-14-22-20(24)12-10-18-8-2-6-16-26-18/h18-19H,2-17H2,1H3,(H,22,24)/t18-,19+/m1/s1. The third-order valence-electron chi connectivity index (χ3n) is 5.59. The lowest BCUT2D eigenvalue weighted by Gasteiger charge is -2.23. The zero-order valence-electron chi connectivity index (χ0n) is 17.0. The van der Waals surface area contributed by atoms with Crippen molar-refractivity contribution in [2.75, 3.05) is 33.4 Å². The van der Waals surface area contributed by atoms with Crippen molar-refractivity contribution in [3.63, 3.8) is 0 Å². The van der Waals surface area contributed by atoms with E-state index in [1.807, 2.05) is 11.9 Å². The number of nitrogens with zero attached hydrogens (tertiary/aromatic N) is 1. The van der Waals surface area contributed by atoms with Gasteiger partial charge in [0.05, 0.1) is 12.2 Å². The molecule has 2 aliphatic heterocycles. The summed E-state index contributed by atoms with van der Waals surface area (Å²) in [6, 6.07) is 0. The third kappa shape index (κ3) is 9.56. The Labute approximate surface area is 164 Å². The predicted molar refractivity (Wildman–Crippen MR) is 106 cm³/mol. The van der Waals surface area contributed by atoms with Crippen LogP contribution in [0.3, 0.4) is 0 Å². The average molecular weight is 383 g/mol. The summed E-state index contributed by atoms with van der Waals surface area (Å²) in [5.74, 6) is 0.307. The van der Waals surface area contributed by atoms with Gasteiger partial charge in [-0.25, -0.2) is 0 Å². The van der Waals surface area contributed by atoms with Crippen LogP contribution in [-0.2, 0) is 19.1 Å². The second kappa shape index (κ2) is 13.1. The Hall–Kier alpha value is -1.14. The molecule has 2 aliphatic rings. The van der Waals surface area contributed by atoms with Crippen molar-refractivity contribution >= 4 is 11.8 Å². The van der Waals surface area contributed by atoms with Crippen LogP contribution in [0.5, 0.6) is 0 Å². The van der Waals surface area contributed by atoms with Crippen LogP contribution < -0.4 is 5.32 Å². The minimum absolute atomic E-state index is 0.112. The fourth-order valence-electron chi connectivity index (χ4n) is 3.75. The number of nitrogens with one attached hydrogen (secondary N) is 1. The Morgan fingerprint density at radius 2 is 1.56 bits per heavy atom. The van der Waals surface area contributed by atoms with E-state index in [4.69, 9.17) is 9.47 Å². The van der Waals surface area contributed by atoms with Crippen LogP contribution in [0.1, 0.15) is 77.0 Å². The van der Waals surface area contributed by atoms with E-state index in [1.165, 1.54) is 12.8 Å². The third-order valence-corrected chi connectivity index (χ3v) is 5.59. The average Bonchev–Trinajstić information content (AvgIpc) is 2.71. The van der Waals surface area contributed by atoms with Gasteiger partial charge in [-0.1, -0.05) is 0 Å². The Bertz CT molecular complexity index is 432.